The first-order valence-corrected chi connectivity index (χ1v) is 6.06. The SMILES string of the molecule is CCN1CCCc2cc(/C=C\C(N)=O)ccc21. The van der Waals surface area contributed by atoms with Crippen LogP contribution in [-0.2, 0) is 11.2 Å². The molecule has 0 saturated heterocycles. The summed E-state index contributed by atoms with van der Waals surface area (Å²) < 4.78 is 0. The highest BCUT2D eigenvalue weighted by Crippen LogP contribution is 2.28. The zero-order chi connectivity index (χ0) is 12.3. The molecule has 0 unspecified atom stereocenters. The number of nitrogens with two attached hydrogens (primary N) is 1. The Kier molecular flexibility index (Phi) is 3.47. The first-order valence-electron chi connectivity index (χ1n) is 6.06. The lowest BCUT2D eigenvalue weighted by Crippen LogP contribution is -2.28. The summed E-state index contributed by atoms with van der Waals surface area (Å²) in [4.78, 5) is 13.1. The number of amides is 1. The molecule has 3 nitrogen and oxygen atoms in total. The van der Waals surface area contributed by atoms with E-state index < -0.39 is 5.91 Å². The van der Waals surface area contributed by atoms with Crippen LogP contribution in [0.5, 0.6) is 0 Å². The molecule has 0 radical (unpaired) electrons. The van der Waals surface area contributed by atoms with Crippen LogP contribution >= 0.6 is 0 Å². The molecular formula is C14H18N2O. The number of fused-ring (bicyclic) bond motifs is 1. The van der Waals surface area contributed by atoms with Crippen LogP contribution in [0.25, 0.3) is 6.08 Å². The number of nitrogens with zero attached hydrogens (tertiary/aromatic N) is 1. The quantitative estimate of drug-likeness (QED) is 0.807. The Hall–Kier alpha value is -1.77. The lowest BCUT2D eigenvalue weighted by molar-refractivity contribution is -0.113. The monoisotopic (exact) mass is 230 g/mol. The predicted octanol–water partition coefficient (Wildman–Crippen LogP) is 1.96. The van der Waals surface area contributed by atoms with E-state index >= 15 is 0 Å². The Bertz CT molecular complexity index is 452. The van der Waals surface area contributed by atoms with Crippen molar-refractivity contribution in [3.8, 4) is 0 Å². The first-order chi connectivity index (χ1) is 8.20. The second-order valence-electron chi connectivity index (χ2n) is 4.31. The van der Waals surface area contributed by atoms with Gasteiger partial charge in [-0.1, -0.05) is 6.07 Å². The minimum Gasteiger partial charge on any atom is -0.372 e. The van der Waals surface area contributed by atoms with E-state index in [9.17, 15) is 4.79 Å². The topological polar surface area (TPSA) is 46.3 Å². The summed E-state index contributed by atoms with van der Waals surface area (Å²) in [6, 6.07) is 6.32. The normalized spacial score (nSPS) is 15.0. The van der Waals surface area contributed by atoms with Crippen molar-refractivity contribution in [2.75, 3.05) is 18.0 Å². The maximum Gasteiger partial charge on any atom is 0.241 e. The van der Waals surface area contributed by atoms with Crippen LogP contribution in [0, 0.1) is 0 Å². The van der Waals surface area contributed by atoms with Gasteiger partial charge in [0.1, 0.15) is 0 Å². The third kappa shape index (κ3) is 2.67. The number of benzene rings is 1. The molecule has 0 spiro atoms. The summed E-state index contributed by atoms with van der Waals surface area (Å²) in [5.41, 5.74) is 8.82. The zero-order valence-corrected chi connectivity index (χ0v) is 10.1. The lowest BCUT2D eigenvalue weighted by atomic mass is 9.99. The summed E-state index contributed by atoms with van der Waals surface area (Å²) in [6.07, 6.45) is 5.49. The number of aryl methyl sites for hydroxylation is 1. The van der Waals surface area contributed by atoms with Gasteiger partial charge in [-0.25, -0.2) is 0 Å². The standard InChI is InChI=1S/C14H18N2O/c1-2-16-9-3-4-12-10-11(5-7-13(12)16)6-8-14(15)17/h5-8,10H,2-4,9H2,1H3,(H2,15,17)/b8-6-. The molecule has 17 heavy (non-hydrogen) atoms. The molecular weight excluding hydrogens is 212 g/mol. The molecule has 1 aliphatic heterocycles. The van der Waals surface area contributed by atoms with Gasteiger partial charge in [0.05, 0.1) is 0 Å². The largest absolute Gasteiger partial charge is 0.372 e. The van der Waals surface area contributed by atoms with Crippen LogP contribution in [0.3, 0.4) is 0 Å². The summed E-state index contributed by atoms with van der Waals surface area (Å²) in [6.45, 7) is 4.36. The molecule has 1 amide bonds. The number of hydrogen-bond acceptors (Lipinski definition) is 2. The molecule has 1 aromatic rings. The molecule has 1 aliphatic rings. The number of carbonyl (C=O) groups excluding carboxylic acids is 1. The smallest absolute Gasteiger partial charge is 0.241 e. The highest BCUT2D eigenvalue weighted by molar-refractivity contribution is 5.90. The number of hydrogen-bond donors (Lipinski definition) is 1. The van der Waals surface area contributed by atoms with Crippen molar-refractivity contribution in [2.45, 2.75) is 19.8 Å². The maximum atomic E-state index is 10.7. The average molecular weight is 230 g/mol. The van der Waals surface area contributed by atoms with Gasteiger partial charge in [0.2, 0.25) is 5.91 Å². The summed E-state index contributed by atoms with van der Waals surface area (Å²) in [5, 5.41) is 0. The minimum atomic E-state index is -0.405. The van der Waals surface area contributed by atoms with Gasteiger partial charge in [0.15, 0.2) is 0 Å². The van der Waals surface area contributed by atoms with Gasteiger partial charge < -0.3 is 10.6 Å². The highest BCUT2D eigenvalue weighted by Gasteiger charge is 2.14. The number of primary amides is 1. The van der Waals surface area contributed by atoms with Gasteiger partial charge in [-0.3, -0.25) is 4.79 Å². The van der Waals surface area contributed by atoms with Gasteiger partial charge in [-0.05, 0) is 49.1 Å². The van der Waals surface area contributed by atoms with E-state index in [4.69, 9.17) is 5.73 Å². The molecule has 0 aromatic heterocycles. The molecule has 0 atom stereocenters. The lowest BCUT2D eigenvalue weighted by Gasteiger charge is -2.30. The highest BCUT2D eigenvalue weighted by atomic mass is 16.1. The van der Waals surface area contributed by atoms with Gasteiger partial charge in [0.25, 0.3) is 0 Å². The second-order valence-corrected chi connectivity index (χ2v) is 4.31. The Morgan fingerprint density at radius 1 is 1.53 bits per heavy atom. The molecule has 2 rings (SSSR count). The van der Waals surface area contributed by atoms with Gasteiger partial charge in [0, 0.05) is 24.9 Å². The van der Waals surface area contributed by atoms with Crippen LogP contribution in [-0.4, -0.2) is 19.0 Å². The summed E-state index contributed by atoms with van der Waals surface area (Å²) >= 11 is 0. The van der Waals surface area contributed by atoms with Crippen molar-refractivity contribution in [3.63, 3.8) is 0 Å². The van der Waals surface area contributed by atoms with Crippen LogP contribution in [0.15, 0.2) is 24.3 Å². The minimum absolute atomic E-state index is 0.405. The molecule has 90 valence electrons. The van der Waals surface area contributed by atoms with E-state index in [1.165, 1.54) is 23.7 Å². The molecule has 1 aromatic carbocycles. The molecule has 2 N–H and O–H groups in total. The van der Waals surface area contributed by atoms with Crippen LogP contribution in [0.2, 0.25) is 0 Å². The van der Waals surface area contributed by atoms with Crippen LogP contribution in [0.1, 0.15) is 24.5 Å². The first kappa shape index (κ1) is 11.7. The zero-order valence-electron chi connectivity index (χ0n) is 10.1. The van der Waals surface area contributed by atoms with Crippen molar-refractivity contribution in [1.29, 1.82) is 0 Å². The number of anilines is 1. The Morgan fingerprint density at radius 3 is 3.06 bits per heavy atom. The maximum absolute atomic E-state index is 10.7. The van der Waals surface area contributed by atoms with Gasteiger partial charge >= 0.3 is 0 Å². The fourth-order valence-corrected chi connectivity index (χ4v) is 2.31. The van der Waals surface area contributed by atoms with Crippen LogP contribution in [0.4, 0.5) is 5.69 Å². The Balaban J connectivity index is 2.27. The van der Waals surface area contributed by atoms with E-state index in [1.54, 1.807) is 6.08 Å². The third-order valence-electron chi connectivity index (χ3n) is 3.14. The molecule has 3 heteroatoms. The Morgan fingerprint density at radius 2 is 2.35 bits per heavy atom. The van der Waals surface area contributed by atoms with Crippen molar-refractivity contribution >= 4 is 17.7 Å². The molecule has 0 aliphatic carbocycles. The van der Waals surface area contributed by atoms with Gasteiger partial charge in [-0.15, -0.1) is 0 Å². The summed E-state index contributed by atoms with van der Waals surface area (Å²) in [7, 11) is 0. The van der Waals surface area contributed by atoms with Crippen molar-refractivity contribution in [2.24, 2.45) is 5.73 Å². The van der Waals surface area contributed by atoms with Crippen molar-refractivity contribution in [1.82, 2.24) is 0 Å². The fourth-order valence-electron chi connectivity index (χ4n) is 2.31. The van der Waals surface area contributed by atoms with Gasteiger partial charge in [-0.2, -0.15) is 0 Å². The van der Waals surface area contributed by atoms with E-state index in [-0.39, 0.29) is 0 Å². The predicted molar refractivity (Wildman–Crippen MR) is 70.9 cm³/mol. The Labute approximate surface area is 102 Å². The fraction of sp³-hybridized carbons (Fsp3) is 0.357. The van der Waals surface area contributed by atoms with Crippen molar-refractivity contribution < 1.29 is 4.79 Å². The van der Waals surface area contributed by atoms with E-state index in [2.05, 4.69) is 24.0 Å². The average Bonchev–Trinajstić information content (AvgIpc) is 2.35. The molecule has 0 saturated carbocycles. The van der Waals surface area contributed by atoms with E-state index in [0.717, 1.165) is 25.1 Å². The van der Waals surface area contributed by atoms with Crippen molar-refractivity contribution in [3.05, 3.63) is 35.4 Å². The molecule has 1 heterocycles. The molecule has 0 fully saturated rings. The van der Waals surface area contributed by atoms with Crippen LogP contribution < -0.4 is 10.6 Å². The number of rotatable bonds is 3. The molecule has 0 bridgehead atoms. The van der Waals surface area contributed by atoms with E-state index in [0.29, 0.717) is 0 Å². The third-order valence-corrected chi connectivity index (χ3v) is 3.14. The van der Waals surface area contributed by atoms with E-state index in [1.807, 2.05) is 6.07 Å². The number of carbonyl (C=O) groups is 1. The summed E-state index contributed by atoms with van der Waals surface area (Å²) in [5.74, 6) is -0.405. The second kappa shape index (κ2) is 5.04.